The highest BCUT2D eigenvalue weighted by Crippen LogP contribution is 2.34. The number of aliphatic imine (C=N–C) groups is 1. The smallest absolute Gasteiger partial charge is 0.406 e. The molecule has 1 aromatic heterocycles. The molecule has 0 saturated carbocycles. The topological polar surface area (TPSA) is 84.6 Å². The van der Waals surface area contributed by atoms with Gasteiger partial charge in [-0.25, -0.2) is 9.67 Å². The van der Waals surface area contributed by atoms with Crippen molar-refractivity contribution in [3.8, 4) is 22.8 Å². The molecule has 0 unspecified atom stereocenters. The quantitative estimate of drug-likeness (QED) is 0.138. The zero-order chi connectivity index (χ0) is 32.8. The fourth-order valence-electron chi connectivity index (χ4n) is 4.93. The second-order valence-electron chi connectivity index (χ2n) is 11.1. The SMILES string of the molecule is Cc1ccc(C(C)C)c(N2C(=O)CS/C2=N\C(=S)NCCCCc2ccc(-c3ncn(-c4ccc(OC(F)(F)F)cc4)n3)cc2)c1. The van der Waals surface area contributed by atoms with Crippen LogP contribution in [0.15, 0.2) is 78.0 Å². The van der Waals surface area contributed by atoms with Crippen molar-refractivity contribution in [1.29, 1.82) is 0 Å². The van der Waals surface area contributed by atoms with E-state index in [0.29, 0.717) is 34.1 Å². The minimum atomic E-state index is -4.74. The Hall–Kier alpha value is -4.23. The monoisotopic (exact) mass is 666 g/mol. The second-order valence-corrected chi connectivity index (χ2v) is 12.4. The van der Waals surface area contributed by atoms with Crippen molar-refractivity contribution in [2.75, 3.05) is 17.2 Å². The van der Waals surface area contributed by atoms with Gasteiger partial charge in [0, 0.05) is 12.1 Å². The molecule has 13 heteroatoms. The van der Waals surface area contributed by atoms with Gasteiger partial charge in [0.1, 0.15) is 12.1 Å². The van der Waals surface area contributed by atoms with Gasteiger partial charge in [0.15, 0.2) is 16.1 Å². The maximum Gasteiger partial charge on any atom is 0.573 e. The number of thiocarbonyl (C=S) groups is 1. The van der Waals surface area contributed by atoms with Crippen LogP contribution < -0.4 is 15.0 Å². The number of amidine groups is 1. The third kappa shape index (κ3) is 8.52. The lowest BCUT2D eigenvalue weighted by Gasteiger charge is -2.22. The number of aromatic nitrogens is 3. The highest BCUT2D eigenvalue weighted by molar-refractivity contribution is 8.15. The summed E-state index contributed by atoms with van der Waals surface area (Å²) < 4.78 is 42.6. The van der Waals surface area contributed by atoms with Crippen LogP contribution in [-0.2, 0) is 11.2 Å². The molecule has 0 aliphatic carbocycles. The van der Waals surface area contributed by atoms with Gasteiger partial charge in [-0.05, 0) is 91.3 Å². The molecule has 5 rings (SSSR count). The Labute approximate surface area is 275 Å². The van der Waals surface area contributed by atoms with Crippen molar-refractivity contribution in [1.82, 2.24) is 20.1 Å². The lowest BCUT2D eigenvalue weighted by molar-refractivity contribution is -0.274. The van der Waals surface area contributed by atoms with Gasteiger partial charge in [-0.3, -0.25) is 9.69 Å². The number of hydrogen-bond donors (Lipinski definition) is 1. The maximum absolute atomic E-state index is 12.8. The molecule has 1 aliphatic rings. The lowest BCUT2D eigenvalue weighted by atomic mass is 9.99. The van der Waals surface area contributed by atoms with E-state index in [2.05, 4.69) is 51.1 Å². The number of hydrogen-bond acceptors (Lipinski definition) is 6. The molecule has 1 amide bonds. The predicted octanol–water partition coefficient (Wildman–Crippen LogP) is 7.60. The van der Waals surface area contributed by atoms with E-state index in [1.807, 2.05) is 37.3 Å². The molecule has 1 fully saturated rings. The standard InChI is InChI=1S/C33H33F3N6O2S2/c1-21(2)27-16-7-22(3)18-28(27)42-29(43)19-46-32(42)39-31(45)37-17-5-4-6-23-8-10-24(11-9-23)30-38-20-41(40-30)25-12-14-26(15-13-25)44-33(34,35)36/h7-16,18,20-21H,4-6,17,19H2,1-3H3,(H,37,45)/b39-32-. The van der Waals surface area contributed by atoms with Gasteiger partial charge in [0.05, 0.1) is 17.1 Å². The number of rotatable bonds is 10. The zero-order valence-electron chi connectivity index (χ0n) is 25.5. The van der Waals surface area contributed by atoms with Crippen LogP contribution in [0.4, 0.5) is 18.9 Å². The number of nitrogens with one attached hydrogen (secondary N) is 1. The van der Waals surface area contributed by atoms with Crippen LogP contribution >= 0.6 is 24.0 Å². The van der Waals surface area contributed by atoms with Crippen molar-refractivity contribution in [2.24, 2.45) is 4.99 Å². The summed E-state index contributed by atoms with van der Waals surface area (Å²) in [6, 6.07) is 19.5. The number of amides is 1. The van der Waals surface area contributed by atoms with E-state index < -0.39 is 6.36 Å². The third-order valence-electron chi connectivity index (χ3n) is 7.22. The van der Waals surface area contributed by atoms with Gasteiger partial charge < -0.3 is 10.1 Å². The van der Waals surface area contributed by atoms with Crippen LogP contribution in [0.3, 0.4) is 0 Å². The second kappa shape index (κ2) is 14.5. The number of anilines is 1. The minimum absolute atomic E-state index is 0.00217. The first-order valence-corrected chi connectivity index (χ1v) is 16.2. The van der Waals surface area contributed by atoms with Crippen LogP contribution in [0.1, 0.15) is 49.3 Å². The zero-order valence-corrected chi connectivity index (χ0v) is 27.2. The fourth-order valence-corrected chi connectivity index (χ4v) is 6.05. The van der Waals surface area contributed by atoms with Gasteiger partial charge in [0.25, 0.3) is 0 Å². The molecule has 1 saturated heterocycles. The highest BCUT2D eigenvalue weighted by atomic mass is 32.2. The van der Waals surface area contributed by atoms with E-state index >= 15 is 0 Å². The normalized spacial score (nSPS) is 14.4. The number of nitrogens with zero attached hydrogens (tertiary/aromatic N) is 5. The first-order valence-electron chi connectivity index (χ1n) is 14.8. The lowest BCUT2D eigenvalue weighted by Crippen LogP contribution is -2.32. The Morgan fingerprint density at radius 3 is 2.52 bits per heavy atom. The molecule has 2 heterocycles. The Morgan fingerprint density at radius 2 is 1.83 bits per heavy atom. The molecular weight excluding hydrogens is 634 g/mol. The number of halogens is 3. The number of alkyl halides is 3. The number of benzene rings is 3. The summed E-state index contributed by atoms with van der Waals surface area (Å²) in [7, 11) is 0. The molecule has 0 radical (unpaired) electrons. The summed E-state index contributed by atoms with van der Waals surface area (Å²) in [5, 5.41) is 8.63. The summed E-state index contributed by atoms with van der Waals surface area (Å²) >= 11 is 6.89. The summed E-state index contributed by atoms with van der Waals surface area (Å²) in [5.74, 6) is 0.802. The van der Waals surface area contributed by atoms with Gasteiger partial charge in [-0.2, -0.15) is 4.99 Å². The summed E-state index contributed by atoms with van der Waals surface area (Å²) in [6.45, 7) is 6.90. The third-order valence-corrected chi connectivity index (χ3v) is 8.38. The maximum atomic E-state index is 12.8. The van der Waals surface area contributed by atoms with Crippen LogP contribution in [0.5, 0.6) is 5.75 Å². The number of carbonyl (C=O) groups excluding carboxylic acids is 1. The van der Waals surface area contributed by atoms with Crippen LogP contribution in [0.2, 0.25) is 0 Å². The number of thioether (sulfide) groups is 1. The molecular formula is C33H33F3N6O2S2. The first-order chi connectivity index (χ1) is 22.0. The van der Waals surface area contributed by atoms with Crippen LogP contribution in [-0.4, -0.2) is 49.6 Å². The van der Waals surface area contributed by atoms with Crippen molar-refractivity contribution in [3.05, 3.63) is 89.7 Å². The first kappa shape index (κ1) is 33.1. The van der Waals surface area contributed by atoms with Crippen molar-refractivity contribution in [3.63, 3.8) is 0 Å². The van der Waals surface area contributed by atoms with Crippen LogP contribution in [0.25, 0.3) is 17.1 Å². The predicted molar refractivity (Wildman–Crippen MR) is 180 cm³/mol. The Balaban J connectivity index is 1.09. The summed E-state index contributed by atoms with van der Waals surface area (Å²) in [5.41, 5.74) is 5.60. The summed E-state index contributed by atoms with van der Waals surface area (Å²) in [4.78, 5) is 23.4. The minimum Gasteiger partial charge on any atom is -0.406 e. The van der Waals surface area contributed by atoms with E-state index in [1.165, 1.54) is 52.6 Å². The Bertz CT molecular complexity index is 1720. The summed E-state index contributed by atoms with van der Waals surface area (Å²) in [6.07, 6.45) is -0.531. The average Bonchev–Trinajstić information content (AvgIpc) is 3.64. The molecule has 1 aliphatic heterocycles. The van der Waals surface area contributed by atoms with E-state index in [9.17, 15) is 18.0 Å². The van der Waals surface area contributed by atoms with Gasteiger partial charge in [-0.1, -0.05) is 62.0 Å². The number of carbonyl (C=O) groups is 1. The Kier molecular flexibility index (Phi) is 10.4. The molecule has 3 aromatic carbocycles. The van der Waals surface area contributed by atoms with E-state index in [1.54, 1.807) is 4.90 Å². The average molecular weight is 667 g/mol. The number of aryl methyl sites for hydroxylation is 2. The van der Waals surface area contributed by atoms with Crippen molar-refractivity contribution in [2.45, 2.75) is 52.3 Å². The van der Waals surface area contributed by atoms with Crippen molar-refractivity contribution < 1.29 is 22.7 Å². The molecule has 0 bridgehead atoms. The molecule has 0 atom stereocenters. The van der Waals surface area contributed by atoms with Crippen molar-refractivity contribution >= 4 is 45.9 Å². The van der Waals surface area contributed by atoms with E-state index in [-0.39, 0.29) is 17.6 Å². The largest absolute Gasteiger partial charge is 0.573 e. The molecule has 8 nitrogen and oxygen atoms in total. The molecule has 4 aromatic rings. The molecule has 1 N–H and O–H groups in total. The number of ether oxygens (including phenoxy) is 1. The van der Waals surface area contributed by atoms with Gasteiger partial charge in [0.2, 0.25) is 5.91 Å². The van der Waals surface area contributed by atoms with E-state index in [0.717, 1.165) is 41.6 Å². The molecule has 240 valence electrons. The number of unbranched alkanes of at least 4 members (excludes halogenated alkanes) is 1. The van der Waals surface area contributed by atoms with Crippen LogP contribution in [0, 0.1) is 6.92 Å². The Morgan fingerprint density at radius 1 is 1.09 bits per heavy atom. The highest BCUT2D eigenvalue weighted by Gasteiger charge is 2.32. The molecule has 0 spiro atoms. The van der Waals surface area contributed by atoms with Gasteiger partial charge >= 0.3 is 6.36 Å². The fraction of sp³-hybridized carbons (Fsp3) is 0.303. The van der Waals surface area contributed by atoms with Gasteiger partial charge in [-0.15, -0.1) is 18.3 Å². The van der Waals surface area contributed by atoms with E-state index in [4.69, 9.17) is 12.2 Å². The molecule has 46 heavy (non-hydrogen) atoms.